The first kappa shape index (κ1) is 21.0. The SMILES string of the molecule is CCNC(=NCC(CC)c1ccccc1)NC(C)Cc1c(C)nn(C)c1C. The Hall–Kier alpha value is -2.30. The molecular weight excluding hydrogens is 334 g/mol. The summed E-state index contributed by atoms with van der Waals surface area (Å²) in [6.07, 6.45) is 2.02. The minimum atomic E-state index is 0.279. The van der Waals surface area contributed by atoms with Crippen LogP contribution in [0.4, 0.5) is 0 Å². The number of benzene rings is 1. The van der Waals surface area contributed by atoms with Crippen LogP contribution in [-0.2, 0) is 13.5 Å². The molecule has 2 atom stereocenters. The predicted octanol–water partition coefficient (Wildman–Crippen LogP) is 3.72. The first-order valence-electron chi connectivity index (χ1n) is 10.0. The first-order chi connectivity index (χ1) is 13.0. The lowest BCUT2D eigenvalue weighted by Gasteiger charge is -2.19. The number of hydrogen-bond donors (Lipinski definition) is 2. The van der Waals surface area contributed by atoms with Crippen molar-refractivity contribution in [1.29, 1.82) is 0 Å². The van der Waals surface area contributed by atoms with Crippen molar-refractivity contribution in [3.8, 4) is 0 Å². The van der Waals surface area contributed by atoms with Crippen LogP contribution in [0.3, 0.4) is 0 Å². The van der Waals surface area contributed by atoms with Gasteiger partial charge in [-0.05, 0) is 51.7 Å². The van der Waals surface area contributed by atoms with E-state index in [-0.39, 0.29) is 6.04 Å². The molecule has 0 amide bonds. The highest BCUT2D eigenvalue weighted by Gasteiger charge is 2.14. The van der Waals surface area contributed by atoms with Crippen LogP contribution in [0.5, 0.6) is 0 Å². The molecule has 5 nitrogen and oxygen atoms in total. The van der Waals surface area contributed by atoms with E-state index in [4.69, 9.17) is 4.99 Å². The Balaban J connectivity index is 2.03. The Morgan fingerprint density at radius 3 is 2.44 bits per heavy atom. The van der Waals surface area contributed by atoms with Crippen molar-refractivity contribution >= 4 is 5.96 Å². The zero-order valence-electron chi connectivity index (χ0n) is 17.7. The number of aliphatic imine (C=N–C) groups is 1. The van der Waals surface area contributed by atoms with Gasteiger partial charge in [0.25, 0.3) is 0 Å². The van der Waals surface area contributed by atoms with E-state index in [9.17, 15) is 0 Å². The minimum absolute atomic E-state index is 0.279. The third-order valence-electron chi connectivity index (χ3n) is 5.13. The zero-order valence-corrected chi connectivity index (χ0v) is 17.7. The molecule has 0 aliphatic carbocycles. The van der Waals surface area contributed by atoms with Crippen molar-refractivity contribution in [3.05, 3.63) is 52.8 Å². The van der Waals surface area contributed by atoms with Gasteiger partial charge in [-0.15, -0.1) is 0 Å². The highest BCUT2D eigenvalue weighted by atomic mass is 15.3. The molecule has 2 rings (SSSR count). The van der Waals surface area contributed by atoms with Gasteiger partial charge in [0.1, 0.15) is 0 Å². The molecule has 0 aliphatic rings. The zero-order chi connectivity index (χ0) is 19.8. The Kier molecular flexibility index (Phi) is 7.89. The van der Waals surface area contributed by atoms with Gasteiger partial charge in [0, 0.05) is 37.8 Å². The molecule has 0 bridgehead atoms. The number of hydrogen-bond acceptors (Lipinski definition) is 2. The molecule has 0 fully saturated rings. The summed E-state index contributed by atoms with van der Waals surface area (Å²) in [4.78, 5) is 4.87. The molecule has 1 heterocycles. The standard InChI is InChI=1S/C22H35N5/c1-7-19(20-12-10-9-11-13-20)15-24-22(23-8-2)25-16(3)14-21-17(4)26-27(6)18(21)5/h9-13,16,19H,7-8,14-15H2,1-6H3,(H2,23,24,25). The summed E-state index contributed by atoms with van der Waals surface area (Å²) in [6.45, 7) is 12.4. The quantitative estimate of drug-likeness (QED) is 0.551. The third kappa shape index (κ3) is 5.84. The molecule has 0 saturated carbocycles. The highest BCUT2D eigenvalue weighted by molar-refractivity contribution is 5.80. The third-order valence-corrected chi connectivity index (χ3v) is 5.13. The molecule has 0 spiro atoms. The van der Waals surface area contributed by atoms with Crippen molar-refractivity contribution in [2.24, 2.45) is 12.0 Å². The van der Waals surface area contributed by atoms with Crippen LogP contribution >= 0.6 is 0 Å². The summed E-state index contributed by atoms with van der Waals surface area (Å²) in [7, 11) is 2.00. The Morgan fingerprint density at radius 2 is 1.89 bits per heavy atom. The van der Waals surface area contributed by atoms with Crippen LogP contribution in [-0.4, -0.2) is 34.9 Å². The van der Waals surface area contributed by atoms with Crippen molar-refractivity contribution in [2.45, 2.75) is 59.4 Å². The van der Waals surface area contributed by atoms with E-state index in [2.05, 4.69) is 80.7 Å². The van der Waals surface area contributed by atoms with Crippen LogP contribution in [0, 0.1) is 13.8 Å². The van der Waals surface area contributed by atoms with Gasteiger partial charge in [0.05, 0.1) is 5.69 Å². The number of guanidine groups is 1. The maximum Gasteiger partial charge on any atom is 0.191 e. The lowest BCUT2D eigenvalue weighted by atomic mass is 9.97. The van der Waals surface area contributed by atoms with Gasteiger partial charge in [-0.3, -0.25) is 9.67 Å². The molecule has 0 radical (unpaired) electrons. The molecule has 1 aromatic heterocycles. The molecule has 5 heteroatoms. The smallest absolute Gasteiger partial charge is 0.191 e. The van der Waals surface area contributed by atoms with Gasteiger partial charge >= 0.3 is 0 Å². The first-order valence-corrected chi connectivity index (χ1v) is 10.0. The van der Waals surface area contributed by atoms with E-state index in [0.29, 0.717) is 5.92 Å². The topological polar surface area (TPSA) is 54.2 Å². The maximum atomic E-state index is 4.87. The second kappa shape index (κ2) is 10.1. The monoisotopic (exact) mass is 369 g/mol. The van der Waals surface area contributed by atoms with Gasteiger partial charge in [0.15, 0.2) is 5.96 Å². The number of nitrogens with one attached hydrogen (secondary N) is 2. The molecule has 2 unspecified atom stereocenters. The minimum Gasteiger partial charge on any atom is -0.357 e. The predicted molar refractivity (Wildman–Crippen MR) is 114 cm³/mol. The summed E-state index contributed by atoms with van der Waals surface area (Å²) in [5, 5.41) is 11.5. The average Bonchev–Trinajstić information content (AvgIpc) is 2.89. The summed E-state index contributed by atoms with van der Waals surface area (Å²) in [6, 6.07) is 10.9. The molecule has 1 aromatic carbocycles. The fraction of sp³-hybridized carbons (Fsp3) is 0.545. The van der Waals surface area contributed by atoms with Crippen LogP contribution in [0.2, 0.25) is 0 Å². The van der Waals surface area contributed by atoms with E-state index in [1.165, 1.54) is 16.8 Å². The van der Waals surface area contributed by atoms with Crippen molar-refractivity contribution in [2.75, 3.05) is 13.1 Å². The van der Waals surface area contributed by atoms with Gasteiger partial charge < -0.3 is 10.6 Å². The fourth-order valence-corrected chi connectivity index (χ4v) is 3.42. The van der Waals surface area contributed by atoms with Crippen LogP contribution in [0.1, 0.15) is 55.6 Å². The molecule has 2 aromatic rings. The normalized spacial score (nSPS) is 14.1. The van der Waals surface area contributed by atoms with Crippen LogP contribution in [0.15, 0.2) is 35.3 Å². The molecule has 27 heavy (non-hydrogen) atoms. The van der Waals surface area contributed by atoms with Crippen molar-refractivity contribution < 1.29 is 0 Å². The van der Waals surface area contributed by atoms with E-state index in [0.717, 1.165) is 37.6 Å². The second-order valence-corrected chi connectivity index (χ2v) is 7.26. The van der Waals surface area contributed by atoms with Crippen molar-refractivity contribution in [1.82, 2.24) is 20.4 Å². The largest absolute Gasteiger partial charge is 0.357 e. The van der Waals surface area contributed by atoms with E-state index < -0.39 is 0 Å². The van der Waals surface area contributed by atoms with Gasteiger partial charge in [-0.25, -0.2) is 0 Å². The Morgan fingerprint density at radius 1 is 1.19 bits per heavy atom. The van der Waals surface area contributed by atoms with E-state index >= 15 is 0 Å². The lowest BCUT2D eigenvalue weighted by Crippen LogP contribution is -2.43. The van der Waals surface area contributed by atoms with Gasteiger partial charge in [-0.2, -0.15) is 5.10 Å². The van der Waals surface area contributed by atoms with Crippen LogP contribution < -0.4 is 10.6 Å². The number of aromatic nitrogens is 2. The molecule has 148 valence electrons. The average molecular weight is 370 g/mol. The molecule has 0 aliphatic heterocycles. The van der Waals surface area contributed by atoms with Gasteiger partial charge in [-0.1, -0.05) is 37.3 Å². The Labute approximate surface area is 164 Å². The number of nitrogens with zero attached hydrogens (tertiary/aromatic N) is 3. The van der Waals surface area contributed by atoms with E-state index in [1.54, 1.807) is 0 Å². The van der Waals surface area contributed by atoms with Crippen molar-refractivity contribution in [3.63, 3.8) is 0 Å². The highest BCUT2D eigenvalue weighted by Crippen LogP contribution is 2.19. The fourth-order valence-electron chi connectivity index (χ4n) is 3.42. The number of aryl methyl sites for hydroxylation is 2. The lowest BCUT2D eigenvalue weighted by molar-refractivity contribution is 0.625. The van der Waals surface area contributed by atoms with E-state index in [1.807, 2.05) is 11.7 Å². The summed E-state index contributed by atoms with van der Waals surface area (Å²) >= 11 is 0. The summed E-state index contributed by atoms with van der Waals surface area (Å²) in [5.41, 5.74) is 5.03. The second-order valence-electron chi connectivity index (χ2n) is 7.26. The summed E-state index contributed by atoms with van der Waals surface area (Å²) < 4.78 is 1.96. The molecule has 2 N–H and O–H groups in total. The maximum absolute atomic E-state index is 4.87. The van der Waals surface area contributed by atoms with Gasteiger partial charge in [0.2, 0.25) is 0 Å². The Bertz CT molecular complexity index is 733. The van der Waals surface area contributed by atoms with Crippen LogP contribution in [0.25, 0.3) is 0 Å². The molecular formula is C22H35N5. The molecule has 0 saturated heterocycles. The summed E-state index contributed by atoms with van der Waals surface area (Å²) in [5.74, 6) is 1.33. The number of rotatable bonds is 8.